The van der Waals surface area contributed by atoms with Crippen LogP contribution in [0.15, 0.2) is 21.6 Å². The average Bonchev–Trinajstić information content (AvgIpc) is 2.17. The number of methoxy groups -OCH3 is 2. The smallest absolute Gasteiger partial charge is 0.129 e. The highest BCUT2D eigenvalue weighted by molar-refractivity contribution is 9.28. The van der Waals surface area contributed by atoms with Crippen LogP contribution >= 0.6 is 31.9 Å². The Morgan fingerprint density at radius 3 is 2.43 bits per heavy atom. The first kappa shape index (κ1) is 11.6. The van der Waals surface area contributed by atoms with E-state index in [0.717, 1.165) is 20.5 Å². The van der Waals surface area contributed by atoms with Gasteiger partial charge in [0.15, 0.2) is 0 Å². The van der Waals surface area contributed by atoms with Crippen LogP contribution in [0.5, 0.6) is 11.5 Å². The molecule has 0 N–H and O–H groups in total. The fraction of sp³-hybridized carbons (Fsp3) is 0.200. The Kier molecular flexibility index (Phi) is 4.48. The van der Waals surface area contributed by atoms with Gasteiger partial charge in [0.1, 0.15) is 11.5 Å². The summed E-state index contributed by atoms with van der Waals surface area (Å²) < 4.78 is 11.2. The molecule has 1 aromatic rings. The monoisotopic (exact) mass is 320 g/mol. The summed E-state index contributed by atoms with van der Waals surface area (Å²) in [4.78, 5) is 0. The number of rotatable bonds is 3. The van der Waals surface area contributed by atoms with Gasteiger partial charge >= 0.3 is 0 Å². The second kappa shape index (κ2) is 5.41. The van der Waals surface area contributed by atoms with Crippen molar-refractivity contribution in [3.05, 3.63) is 27.2 Å². The molecule has 0 fully saturated rings. The molecule has 4 heteroatoms. The van der Waals surface area contributed by atoms with E-state index in [2.05, 4.69) is 31.9 Å². The zero-order valence-corrected chi connectivity index (χ0v) is 11.1. The van der Waals surface area contributed by atoms with Gasteiger partial charge in [-0.15, -0.1) is 0 Å². The summed E-state index contributed by atoms with van der Waals surface area (Å²) in [5.41, 5.74) is 0.983. The topological polar surface area (TPSA) is 18.5 Å². The molecule has 0 bridgehead atoms. The molecule has 0 aromatic heterocycles. The van der Waals surface area contributed by atoms with Crippen molar-refractivity contribution in [2.45, 2.75) is 0 Å². The van der Waals surface area contributed by atoms with Crippen LogP contribution in [-0.2, 0) is 0 Å². The molecular weight excluding hydrogens is 312 g/mol. The minimum atomic E-state index is 0.778. The predicted molar refractivity (Wildman–Crippen MR) is 65.4 cm³/mol. The van der Waals surface area contributed by atoms with E-state index in [1.165, 1.54) is 0 Å². The largest absolute Gasteiger partial charge is 0.497 e. The lowest BCUT2D eigenvalue weighted by Crippen LogP contribution is -1.89. The van der Waals surface area contributed by atoms with E-state index >= 15 is 0 Å². The van der Waals surface area contributed by atoms with Crippen molar-refractivity contribution < 1.29 is 9.47 Å². The van der Waals surface area contributed by atoms with E-state index in [1.54, 1.807) is 14.2 Å². The van der Waals surface area contributed by atoms with Crippen molar-refractivity contribution in [2.24, 2.45) is 0 Å². The predicted octanol–water partition coefficient (Wildman–Crippen LogP) is 3.79. The normalized spacial score (nSPS) is 9.43. The molecule has 0 saturated heterocycles. The van der Waals surface area contributed by atoms with Crippen LogP contribution in [0.3, 0.4) is 0 Å². The Morgan fingerprint density at radius 2 is 1.93 bits per heavy atom. The lowest BCUT2D eigenvalue weighted by molar-refractivity contribution is 0.394. The molecule has 0 heterocycles. The minimum Gasteiger partial charge on any atom is -0.497 e. The lowest BCUT2D eigenvalue weighted by Gasteiger charge is -2.07. The zero-order valence-electron chi connectivity index (χ0n) is 7.88. The van der Waals surface area contributed by atoms with E-state index in [-0.39, 0.29) is 0 Å². The van der Waals surface area contributed by atoms with Gasteiger partial charge < -0.3 is 9.47 Å². The number of hydrogen-bond acceptors (Lipinski definition) is 2. The maximum absolute atomic E-state index is 5.22. The molecule has 0 unspecified atom stereocenters. The molecule has 0 spiro atoms. The quantitative estimate of drug-likeness (QED) is 0.843. The number of halogens is 2. The molecule has 0 amide bonds. The van der Waals surface area contributed by atoms with Crippen molar-refractivity contribution >= 4 is 37.9 Å². The van der Waals surface area contributed by atoms with Crippen molar-refractivity contribution in [3.63, 3.8) is 0 Å². The fourth-order valence-electron chi connectivity index (χ4n) is 1.06. The summed E-state index contributed by atoms with van der Waals surface area (Å²) in [6, 6.07) is 5.66. The molecule has 0 radical (unpaired) electrons. The van der Waals surface area contributed by atoms with E-state index in [9.17, 15) is 0 Å². The molecule has 14 heavy (non-hydrogen) atoms. The molecule has 0 atom stereocenters. The molecule has 0 aliphatic carbocycles. The molecule has 0 aliphatic rings. The van der Waals surface area contributed by atoms with Gasteiger partial charge in [0.05, 0.1) is 17.6 Å². The van der Waals surface area contributed by atoms with Crippen molar-refractivity contribution in [3.8, 4) is 11.5 Å². The van der Waals surface area contributed by atoms with Gasteiger partial charge in [-0.3, -0.25) is 0 Å². The molecular formula is C10H10Br2O2. The molecule has 1 aromatic carbocycles. The van der Waals surface area contributed by atoms with Gasteiger partial charge in [-0.25, -0.2) is 0 Å². The molecule has 76 valence electrons. The standard InChI is InChI=1S/C10H10Br2O2/c1-13-8-4-3-7(5-10(11)12)9(6-8)14-2/h3-6H,1-2H3. The average molecular weight is 322 g/mol. The third-order valence-electron chi connectivity index (χ3n) is 1.71. The second-order valence-corrected chi connectivity index (χ2v) is 5.31. The number of ether oxygens (including phenoxy) is 2. The number of hydrogen-bond donors (Lipinski definition) is 0. The summed E-state index contributed by atoms with van der Waals surface area (Å²) in [5.74, 6) is 1.56. The van der Waals surface area contributed by atoms with Crippen LogP contribution in [0.4, 0.5) is 0 Å². The van der Waals surface area contributed by atoms with Gasteiger partial charge in [-0.1, -0.05) is 0 Å². The van der Waals surface area contributed by atoms with E-state index in [0.29, 0.717) is 0 Å². The third kappa shape index (κ3) is 3.03. The van der Waals surface area contributed by atoms with Gasteiger partial charge in [-0.05, 0) is 50.1 Å². The molecule has 1 rings (SSSR count). The Morgan fingerprint density at radius 1 is 1.21 bits per heavy atom. The Balaban J connectivity index is 3.11. The first-order chi connectivity index (χ1) is 6.67. The SMILES string of the molecule is COc1ccc(C=C(Br)Br)c(OC)c1. The van der Waals surface area contributed by atoms with Crippen LogP contribution < -0.4 is 9.47 Å². The summed E-state index contributed by atoms with van der Waals surface area (Å²) in [6.07, 6.45) is 1.91. The number of benzene rings is 1. The van der Waals surface area contributed by atoms with Crippen molar-refractivity contribution in [1.29, 1.82) is 0 Å². The van der Waals surface area contributed by atoms with Crippen LogP contribution in [0, 0.1) is 0 Å². The Hall–Kier alpha value is -0.480. The van der Waals surface area contributed by atoms with Crippen LogP contribution in [-0.4, -0.2) is 14.2 Å². The summed E-state index contributed by atoms with van der Waals surface area (Å²) in [7, 11) is 3.26. The van der Waals surface area contributed by atoms with Crippen LogP contribution in [0.25, 0.3) is 6.08 Å². The minimum absolute atomic E-state index is 0.778. The highest BCUT2D eigenvalue weighted by atomic mass is 79.9. The first-order valence-electron chi connectivity index (χ1n) is 3.92. The van der Waals surface area contributed by atoms with Gasteiger partial charge in [0.25, 0.3) is 0 Å². The van der Waals surface area contributed by atoms with Crippen LogP contribution in [0.2, 0.25) is 0 Å². The van der Waals surface area contributed by atoms with Gasteiger partial charge in [0, 0.05) is 11.6 Å². The van der Waals surface area contributed by atoms with Crippen molar-refractivity contribution in [1.82, 2.24) is 0 Å². The summed E-state index contributed by atoms with van der Waals surface area (Å²) in [5, 5.41) is 0. The fourth-order valence-corrected chi connectivity index (χ4v) is 1.55. The third-order valence-corrected chi connectivity index (χ3v) is 2.16. The van der Waals surface area contributed by atoms with Crippen LogP contribution in [0.1, 0.15) is 5.56 Å². The summed E-state index contributed by atoms with van der Waals surface area (Å²) >= 11 is 6.60. The second-order valence-electron chi connectivity index (χ2n) is 2.54. The molecule has 0 aliphatic heterocycles. The van der Waals surface area contributed by atoms with E-state index in [4.69, 9.17) is 9.47 Å². The van der Waals surface area contributed by atoms with Gasteiger partial charge in [-0.2, -0.15) is 0 Å². The van der Waals surface area contributed by atoms with Crippen molar-refractivity contribution in [2.75, 3.05) is 14.2 Å². The maximum Gasteiger partial charge on any atom is 0.129 e. The lowest BCUT2D eigenvalue weighted by atomic mass is 10.2. The molecule has 2 nitrogen and oxygen atoms in total. The first-order valence-corrected chi connectivity index (χ1v) is 5.50. The summed E-state index contributed by atoms with van der Waals surface area (Å²) in [6.45, 7) is 0. The highest BCUT2D eigenvalue weighted by Gasteiger charge is 2.02. The van der Waals surface area contributed by atoms with E-state index < -0.39 is 0 Å². The Labute approximate surface area is 100 Å². The Bertz CT molecular complexity index is 344. The molecule has 0 saturated carbocycles. The zero-order chi connectivity index (χ0) is 10.6. The van der Waals surface area contributed by atoms with Gasteiger partial charge in [0.2, 0.25) is 0 Å². The van der Waals surface area contributed by atoms with E-state index in [1.807, 2.05) is 24.3 Å². The maximum atomic E-state index is 5.22. The highest BCUT2D eigenvalue weighted by Crippen LogP contribution is 2.28.